The summed E-state index contributed by atoms with van der Waals surface area (Å²) in [5.74, 6) is 1.63. The molecule has 0 aliphatic heterocycles. The van der Waals surface area contributed by atoms with Crippen LogP contribution in [0.25, 0.3) is 11.0 Å². The summed E-state index contributed by atoms with van der Waals surface area (Å²) in [5.41, 5.74) is 3.75. The Bertz CT molecular complexity index is 540. The molecule has 0 atom stereocenters. The van der Waals surface area contributed by atoms with Crippen LogP contribution in [0.4, 0.5) is 0 Å². The van der Waals surface area contributed by atoms with Gasteiger partial charge in [0.2, 0.25) is 0 Å². The minimum atomic E-state index is 0.467. The van der Waals surface area contributed by atoms with E-state index in [-0.39, 0.29) is 0 Å². The number of nitrogens with zero attached hydrogens (tertiary/aromatic N) is 2. The van der Waals surface area contributed by atoms with Crippen LogP contribution in [0.15, 0.2) is 18.2 Å². The van der Waals surface area contributed by atoms with Gasteiger partial charge < -0.3 is 9.88 Å². The quantitative estimate of drug-likeness (QED) is 0.807. The molecule has 0 aliphatic carbocycles. The highest BCUT2D eigenvalue weighted by Crippen LogP contribution is 2.21. The van der Waals surface area contributed by atoms with Crippen LogP contribution in [-0.4, -0.2) is 22.6 Å². The Hall–Kier alpha value is -1.35. The minimum absolute atomic E-state index is 0.467. The summed E-state index contributed by atoms with van der Waals surface area (Å²) in [7, 11) is 2.11. The molecule has 0 bridgehead atoms. The third-order valence-corrected chi connectivity index (χ3v) is 3.57. The smallest absolute Gasteiger partial charge is 0.112 e. The molecule has 104 valence electrons. The highest BCUT2D eigenvalue weighted by molar-refractivity contribution is 5.77. The van der Waals surface area contributed by atoms with Crippen molar-refractivity contribution in [2.75, 3.05) is 13.1 Å². The molecule has 2 rings (SSSR count). The number of imidazole rings is 1. The summed E-state index contributed by atoms with van der Waals surface area (Å²) >= 11 is 0. The van der Waals surface area contributed by atoms with Gasteiger partial charge in [0.15, 0.2) is 0 Å². The van der Waals surface area contributed by atoms with E-state index in [1.165, 1.54) is 23.3 Å². The van der Waals surface area contributed by atoms with Crippen LogP contribution in [0.3, 0.4) is 0 Å². The Kier molecular flexibility index (Phi) is 4.59. The number of hydrogen-bond donors (Lipinski definition) is 1. The Morgan fingerprint density at radius 1 is 1.32 bits per heavy atom. The Labute approximate surface area is 116 Å². The van der Waals surface area contributed by atoms with E-state index in [0.29, 0.717) is 5.92 Å². The standard InChI is InChI=1S/C16H25N3/c1-5-17-10-6-7-13-8-9-15-14(11-13)18-16(12(2)3)19(15)4/h8-9,11-12,17H,5-7,10H2,1-4H3. The number of rotatable bonds is 6. The topological polar surface area (TPSA) is 29.9 Å². The maximum absolute atomic E-state index is 4.76. The molecule has 1 N–H and O–H groups in total. The van der Waals surface area contributed by atoms with Gasteiger partial charge in [-0.1, -0.05) is 26.8 Å². The van der Waals surface area contributed by atoms with Gasteiger partial charge in [0.25, 0.3) is 0 Å². The molecule has 1 aromatic carbocycles. The van der Waals surface area contributed by atoms with Crippen molar-refractivity contribution in [1.82, 2.24) is 14.9 Å². The fourth-order valence-corrected chi connectivity index (χ4v) is 2.53. The first kappa shape index (κ1) is 14.1. The van der Waals surface area contributed by atoms with Gasteiger partial charge in [0, 0.05) is 13.0 Å². The molecular weight excluding hydrogens is 234 g/mol. The summed E-state index contributed by atoms with van der Waals surface area (Å²) in [6.45, 7) is 8.68. The van der Waals surface area contributed by atoms with Crippen molar-refractivity contribution in [3.63, 3.8) is 0 Å². The molecule has 0 unspecified atom stereocenters. The van der Waals surface area contributed by atoms with Gasteiger partial charge >= 0.3 is 0 Å². The van der Waals surface area contributed by atoms with Crippen LogP contribution >= 0.6 is 0 Å². The first-order valence-corrected chi connectivity index (χ1v) is 7.29. The van der Waals surface area contributed by atoms with Gasteiger partial charge in [0.1, 0.15) is 5.82 Å². The number of benzene rings is 1. The lowest BCUT2D eigenvalue weighted by atomic mass is 10.1. The average molecular weight is 259 g/mol. The average Bonchev–Trinajstić information content (AvgIpc) is 2.72. The Morgan fingerprint density at radius 3 is 2.79 bits per heavy atom. The highest BCUT2D eigenvalue weighted by Gasteiger charge is 2.10. The first-order valence-electron chi connectivity index (χ1n) is 7.29. The van der Waals surface area contributed by atoms with E-state index in [4.69, 9.17) is 4.98 Å². The predicted octanol–water partition coefficient (Wildman–Crippen LogP) is 3.24. The van der Waals surface area contributed by atoms with Crippen molar-refractivity contribution in [2.24, 2.45) is 7.05 Å². The summed E-state index contributed by atoms with van der Waals surface area (Å²) in [5, 5.41) is 3.36. The van der Waals surface area contributed by atoms with Crippen molar-refractivity contribution in [3.8, 4) is 0 Å². The predicted molar refractivity (Wildman–Crippen MR) is 81.7 cm³/mol. The molecule has 1 heterocycles. The number of fused-ring (bicyclic) bond motifs is 1. The largest absolute Gasteiger partial charge is 0.331 e. The van der Waals surface area contributed by atoms with E-state index in [1.807, 2.05) is 0 Å². The van der Waals surface area contributed by atoms with Crippen molar-refractivity contribution in [2.45, 2.75) is 39.5 Å². The van der Waals surface area contributed by atoms with E-state index in [9.17, 15) is 0 Å². The number of hydrogen-bond acceptors (Lipinski definition) is 2. The highest BCUT2D eigenvalue weighted by atomic mass is 15.1. The second-order valence-electron chi connectivity index (χ2n) is 5.46. The van der Waals surface area contributed by atoms with Gasteiger partial charge in [-0.2, -0.15) is 0 Å². The number of aromatic nitrogens is 2. The monoisotopic (exact) mass is 259 g/mol. The van der Waals surface area contributed by atoms with Crippen molar-refractivity contribution in [1.29, 1.82) is 0 Å². The molecule has 2 aromatic rings. The summed E-state index contributed by atoms with van der Waals surface area (Å²) in [4.78, 5) is 4.76. The molecule has 0 spiro atoms. The second-order valence-corrected chi connectivity index (χ2v) is 5.46. The van der Waals surface area contributed by atoms with Crippen LogP contribution in [-0.2, 0) is 13.5 Å². The molecule has 19 heavy (non-hydrogen) atoms. The van der Waals surface area contributed by atoms with Gasteiger partial charge in [0.05, 0.1) is 11.0 Å². The Balaban J connectivity index is 2.16. The van der Waals surface area contributed by atoms with Crippen molar-refractivity contribution in [3.05, 3.63) is 29.6 Å². The maximum atomic E-state index is 4.76. The summed E-state index contributed by atoms with van der Waals surface area (Å²) in [6, 6.07) is 6.68. The molecule has 0 saturated carbocycles. The Morgan fingerprint density at radius 2 is 2.11 bits per heavy atom. The van der Waals surface area contributed by atoms with Crippen LogP contribution in [0, 0.1) is 0 Å². The maximum Gasteiger partial charge on any atom is 0.112 e. The van der Waals surface area contributed by atoms with Gasteiger partial charge in [-0.3, -0.25) is 0 Å². The SMILES string of the molecule is CCNCCCc1ccc2c(c1)nc(C(C)C)n2C. The number of aryl methyl sites for hydroxylation is 2. The molecule has 3 heteroatoms. The molecule has 0 aliphatic rings. The molecule has 0 fully saturated rings. The van der Waals surface area contributed by atoms with Crippen LogP contribution in [0.2, 0.25) is 0 Å². The fourth-order valence-electron chi connectivity index (χ4n) is 2.53. The van der Waals surface area contributed by atoms with Gasteiger partial charge in [-0.15, -0.1) is 0 Å². The van der Waals surface area contributed by atoms with E-state index < -0.39 is 0 Å². The lowest BCUT2D eigenvalue weighted by Crippen LogP contribution is -2.14. The van der Waals surface area contributed by atoms with E-state index >= 15 is 0 Å². The van der Waals surface area contributed by atoms with Gasteiger partial charge in [-0.05, 0) is 43.6 Å². The molecule has 1 aromatic heterocycles. The summed E-state index contributed by atoms with van der Waals surface area (Å²) in [6.07, 6.45) is 2.31. The molecule has 3 nitrogen and oxygen atoms in total. The zero-order chi connectivity index (χ0) is 13.8. The van der Waals surface area contributed by atoms with Crippen molar-refractivity contribution >= 4 is 11.0 Å². The first-order chi connectivity index (χ1) is 9.13. The minimum Gasteiger partial charge on any atom is -0.331 e. The lowest BCUT2D eigenvalue weighted by molar-refractivity contribution is 0.673. The molecule has 0 radical (unpaired) electrons. The molecule has 0 amide bonds. The van der Waals surface area contributed by atoms with E-state index in [2.05, 4.69) is 55.9 Å². The van der Waals surface area contributed by atoms with Crippen LogP contribution < -0.4 is 5.32 Å². The van der Waals surface area contributed by atoms with Crippen LogP contribution in [0.5, 0.6) is 0 Å². The molecule has 0 saturated heterocycles. The zero-order valence-electron chi connectivity index (χ0n) is 12.5. The van der Waals surface area contributed by atoms with E-state index in [1.54, 1.807) is 0 Å². The van der Waals surface area contributed by atoms with Crippen LogP contribution in [0.1, 0.15) is 44.5 Å². The normalized spacial score (nSPS) is 11.6. The fraction of sp³-hybridized carbons (Fsp3) is 0.562. The van der Waals surface area contributed by atoms with E-state index in [0.717, 1.165) is 25.0 Å². The van der Waals surface area contributed by atoms with Gasteiger partial charge in [-0.25, -0.2) is 4.98 Å². The van der Waals surface area contributed by atoms with Crippen molar-refractivity contribution < 1.29 is 0 Å². The zero-order valence-corrected chi connectivity index (χ0v) is 12.5. The number of nitrogens with one attached hydrogen (secondary N) is 1. The second kappa shape index (κ2) is 6.20. The summed E-state index contributed by atoms with van der Waals surface area (Å²) < 4.78 is 2.21. The third kappa shape index (κ3) is 3.16. The third-order valence-electron chi connectivity index (χ3n) is 3.57. The lowest BCUT2D eigenvalue weighted by Gasteiger charge is -2.05. The molecular formula is C16H25N3.